The lowest BCUT2D eigenvalue weighted by Crippen LogP contribution is -2.43. The minimum absolute atomic E-state index is 0.0717. The van der Waals surface area contributed by atoms with Crippen LogP contribution in [-0.2, 0) is 4.79 Å². The van der Waals surface area contributed by atoms with Gasteiger partial charge in [-0.15, -0.1) is 0 Å². The fourth-order valence-electron chi connectivity index (χ4n) is 2.34. The molecule has 3 heteroatoms. The number of carboxylic acid groups (broad SMARTS) is 1. The fourth-order valence-corrected chi connectivity index (χ4v) is 2.34. The number of carbonyl (C=O) groups is 1. The first-order chi connectivity index (χ1) is 5.97. The number of aliphatic carboxylic acids is 1. The quantitative estimate of drug-likeness (QED) is 0.685. The van der Waals surface area contributed by atoms with Crippen molar-refractivity contribution in [2.24, 2.45) is 11.3 Å². The highest BCUT2D eigenvalue weighted by Gasteiger charge is 2.40. The molecule has 0 amide bonds. The third-order valence-corrected chi connectivity index (χ3v) is 3.23. The maximum absolute atomic E-state index is 10.9. The molecule has 1 aliphatic rings. The fraction of sp³-hybridized carbons (Fsp3) is 0.900. The van der Waals surface area contributed by atoms with Crippen LogP contribution in [-0.4, -0.2) is 24.2 Å². The third-order valence-electron chi connectivity index (χ3n) is 3.23. The van der Waals surface area contributed by atoms with Crippen molar-refractivity contribution in [2.45, 2.75) is 39.2 Å². The molecule has 1 aliphatic carbocycles. The van der Waals surface area contributed by atoms with Crippen molar-refractivity contribution in [3.8, 4) is 0 Å². The van der Waals surface area contributed by atoms with Gasteiger partial charge in [-0.05, 0) is 31.7 Å². The van der Waals surface area contributed by atoms with Gasteiger partial charge in [0.05, 0.1) is 5.92 Å². The SMILES string of the molecule is CNC1CCC(C(=O)O)C(C)(C)C1. The lowest BCUT2D eigenvalue weighted by Gasteiger charge is -2.40. The van der Waals surface area contributed by atoms with Gasteiger partial charge in [0.1, 0.15) is 0 Å². The Labute approximate surface area is 79.5 Å². The van der Waals surface area contributed by atoms with E-state index in [1.165, 1.54) is 0 Å². The van der Waals surface area contributed by atoms with E-state index in [0.717, 1.165) is 19.3 Å². The molecular formula is C10H19NO2. The first kappa shape index (κ1) is 10.5. The minimum atomic E-state index is -0.639. The van der Waals surface area contributed by atoms with Crippen LogP contribution in [0, 0.1) is 11.3 Å². The van der Waals surface area contributed by atoms with Gasteiger partial charge < -0.3 is 10.4 Å². The summed E-state index contributed by atoms with van der Waals surface area (Å²) in [4.78, 5) is 10.9. The molecule has 0 radical (unpaired) electrons. The van der Waals surface area contributed by atoms with Crippen molar-refractivity contribution in [2.75, 3.05) is 7.05 Å². The largest absolute Gasteiger partial charge is 0.481 e. The van der Waals surface area contributed by atoms with E-state index in [9.17, 15) is 4.79 Å². The summed E-state index contributed by atoms with van der Waals surface area (Å²) in [5.74, 6) is -0.809. The summed E-state index contributed by atoms with van der Waals surface area (Å²) >= 11 is 0. The van der Waals surface area contributed by atoms with Crippen molar-refractivity contribution in [3.63, 3.8) is 0 Å². The highest BCUT2D eigenvalue weighted by atomic mass is 16.4. The summed E-state index contributed by atoms with van der Waals surface area (Å²) in [5.41, 5.74) is -0.0717. The van der Waals surface area contributed by atoms with Crippen molar-refractivity contribution < 1.29 is 9.90 Å². The first-order valence-electron chi connectivity index (χ1n) is 4.87. The molecule has 1 rings (SSSR count). The Morgan fingerprint density at radius 1 is 1.46 bits per heavy atom. The summed E-state index contributed by atoms with van der Waals surface area (Å²) in [6, 6.07) is 0.491. The van der Waals surface area contributed by atoms with Gasteiger partial charge in [-0.2, -0.15) is 0 Å². The number of carboxylic acids is 1. The van der Waals surface area contributed by atoms with Gasteiger partial charge in [-0.25, -0.2) is 0 Å². The molecular weight excluding hydrogens is 166 g/mol. The summed E-state index contributed by atoms with van der Waals surface area (Å²) in [6.45, 7) is 4.10. The highest BCUT2D eigenvalue weighted by Crippen LogP contribution is 2.40. The molecule has 0 aromatic rings. The van der Waals surface area contributed by atoms with Crippen LogP contribution in [0.5, 0.6) is 0 Å². The van der Waals surface area contributed by atoms with Gasteiger partial charge in [0, 0.05) is 6.04 Å². The Bertz CT molecular complexity index is 201. The molecule has 1 fully saturated rings. The predicted octanol–water partition coefficient (Wildman–Crippen LogP) is 1.49. The Morgan fingerprint density at radius 3 is 2.46 bits per heavy atom. The Hall–Kier alpha value is -0.570. The van der Waals surface area contributed by atoms with Gasteiger partial charge in [0.15, 0.2) is 0 Å². The molecule has 0 bridgehead atoms. The molecule has 0 heterocycles. The summed E-state index contributed by atoms with van der Waals surface area (Å²) < 4.78 is 0. The zero-order valence-electron chi connectivity index (χ0n) is 8.63. The van der Waals surface area contributed by atoms with E-state index in [-0.39, 0.29) is 11.3 Å². The lowest BCUT2D eigenvalue weighted by atomic mass is 9.67. The molecule has 0 aliphatic heterocycles. The van der Waals surface area contributed by atoms with E-state index in [1.807, 2.05) is 7.05 Å². The number of nitrogens with one attached hydrogen (secondary N) is 1. The predicted molar refractivity (Wildman–Crippen MR) is 51.6 cm³/mol. The molecule has 0 aromatic carbocycles. The molecule has 0 spiro atoms. The van der Waals surface area contributed by atoms with E-state index < -0.39 is 5.97 Å². The van der Waals surface area contributed by atoms with Crippen LogP contribution in [0.2, 0.25) is 0 Å². The van der Waals surface area contributed by atoms with Crippen LogP contribution in [0.3, 0.4) is 0 Å². The van der Waals surface area contributed by atoms with E-state index >= 15 is 0 Å². The van der Waals surface area contributed by atoms with Gasteiger partial charge in [0.2, 0.25) is 0 Å². The molecule has 2 unspecified atom stereocenters. The van der Waals surface area contributed by atoms with Crippen LogP contribution in [0.4, 0.5) is 0 Å². The Morgan fingerprint density at radius 2 is 2.08 bits per heavy atom. The lowest BCUT2D eigenvalue weighted by molar-refractivity contribution is -0.148. The summed E-state index contributed by atoms with van der Waals surface area (Å²) in [7, 11) is 1.95. The zero-order valence-corrected chi connectivity index (χ0v) is 8.63. The third kappa shape index (κ3) is 2.21. The smallest absolute Gasteiger partial charge is 0.307 e. The van der Waals surface area contributed by atoms with Gasteiger partial charge in [-0.1, -0.05) is 13.8 Å². The molecule has 3 nitrogen and oxygen atoms in total. The van der Waals surface area contributed by atoms with Crippen LogP contribution in [0.1, 0.15) is 33.1 Å². The Balaban J connectivity index is 2.67. The highest BCUT2D eigenvalue weighted by molar-refractivity contribution is 5.71. The van der Waals surface area contributed by atoms with Crippen LogP contribution >= 0.6 is 0 Å². The van der Waals surface area contributed by atoms with Gasteiger partial charge >= 0.3 is 5.97 Å². The van der Waals surface area contributed by atoms with Gasteiger partial charge in [0.25, 0.3) is 0 Å². The second-order valence-electron chi connectivity index (χ2n) is 4.65. The second-order valence-corrected chi connectivity index (χ2v) is 4.65. The summed E-state index contributed by atoms with van der Waals surface area (Å²) in [6.07, 6.45) is 2.74. The number of rotatable bonds is 2. The van der Waals surface area contributed by atoms with Crippen LogP contribution < -0.4 is 5.32 Å². The average molecular weight is 185 g/mol. The maximum atomic E-state index is 10.9. The number of hydrogen-bond acceptors (Lipinski definition) is 2. The molecule has 0 saturated heterocycles. The molecule has 76 valence electrons. The zero-order chi connectivity index (χ0) is 10.1. The van der Waals surface area contributed by atoms with E-state index in [0.29, 0.717) is 6.04 Å². The molecule has 0 aromatic heterocycles. The van der Waals surface area contributed by atoms with Gasteiger partial charge in [-0.3, -0.25) is 4.79 Å². The van der Waals surface area contributed by atoms with Crippen LogP contribution in [0.15, 0.2) is 0 Å². The average Bonchev–Trinajstić information content (AvgIpc) is 2.01. The Kier molecular flexibility index (Phi) is 2.96. The molecule has 1 saturated carbocycles. The summed E-state index contributed by atoms with van der Waals surface area (Å²) in [5, 5.41) is 12.2. The van der Waals surface area contributed by atoms with Crippen LogP contribution in [0.25, 0.3) is 0 Å². The normalized spacial score (nSPS) is 32.8. The van der Waals surface area contributed by atoms with Crippen molar-refractivity contribution in [1.29, 1.82) is 0 Å². The van der Waals surface area contributed by atoms with Crippen molar-refractivity contribution in [1.82, 2.24) is 5.32 Å². The molecule has 2 N–H and O–H groups in total. The maximum Gasteiger partial charge on any atom is 0.307 e. The molecule has 2 atom stereocenters. The topological polar surface area (TPSA) is 49.3 Å². The van der Waals surface area contributed by atoms with Crippen molar-refractivity contribution in [3.05, 3.63) is 0 Å². The second kappa shape index (κ2) is 3.66. The monoisotopic (exact) mass is 185 g/mol. The standard InChI is InChI=1S/C10H19NO2/c1-10(2)6-7(11-3)4-5-8(10)9(12)13/h7-8,11H,4-6H2,1-3H3,(H,12,13). The van der Waals surface area contributed by atoms with E-state index in [4.69, 9.17) is 5.11 Å². The van der Waals surface area contributed by atoms with E-state index in [1.54, 1.807) is 0 Å². The molecule has 13 heavy (non-hydrogen) atoms. The first-order valence-corrected chi connectivity index (χ1v) is 4.87. The minimum Gasteiger partial charge on any atom is -0.481 e. The van der Waals surface area contributed by atoms with Crippen molar-refractivity contribution >= 4 is 5.97 Å². The van der Waals surface area contributed by atoms with E-state index in [2.05, 4.69) is 19.2 Å². The number of hydrogen-bond donors (Lipinski definition) is 2.